The van der Waals surface area contributed by atoms with Gasteiger partial charge in [0, 0.05) is 4.47 Å². The predicted molar refractivity (Wildman–Crippen MR) is 88.9 cm³/mol. The molecule has 2 atom stereocenters. The number of aliphatic hydroxyl groups is 1. The molecule has 1 amide bonds. The highest BCUT2D eigenvalue weighted by Gasteiger charge is 2.33. The van der Waals surface area contributed by atoms with Crippen LogP contribution in [0.4, 0.5) is 4.79 Å². The minimum atomic E-state index is -1.28. The van der Waals surface area contributed by atoms with Crippen LogP contribution in [0.5, 0.6) is 0 Å². The van der Waals surface area contributed by atoms with Crippen molar-refractivity contribution in [2.24, 2.45) is 0 Å². The topological polar surface area (TPSA) is 84.9 Å². The van der Waals surface area contributed by atoms with Crippen LogP contribution >= 0.6 is 15.9 Å². The molecule has 0 saturated carbocycles. The maximum absolute atomic E-state index is 12.1. The second-order valence-electron chi connectivity index (χ2n) is 5.84. The molecule has 1 aromatic carbocycles. The zero-order valence-electron chi connectivity index (χ0n) is 13.6. The van der Waals surface area contributed by atoms with Gasteiger partial charge in [-0.05, 0) is 39.3 Å². The average molecular weight is 388 g/mol. The average Bonchev–Trinajstić information content (AvgIpc) is 2.43. The summed E-state index contributed by atoms with van der Waals surface area (Å²) in [6.07, 6.45) is -2.08. The molecule has 0 heterocycles. The molecule has 1 aromatic rings. The second kappa shape index (κ2) is 8.31. The van der Waals surface area contributed by atoms with Crippen LogP contribution in [-0.2, 0) is 14.3 Å². The number of benzene rings is 1. The van der Waals surface area contributed by atoms with E-state index in [0.29, 0.717) is 10.0 Å². The first-order valence-corrected chi connectivity index (χ1v) is 8.03. The number of ether oxygens (including phenoxy) is 2. The Balaban J connectivity index is 2.99. The van der Waals surface area contributed by atoms with E-state index in [2.05, 4.69) is 21.2 Å². The van der Waals surface area contributed by atoms with Crippen molar-refractivity contribution in [2.45, 2.75) is 45.4 Å². The van der Waals surface area contributed by atoms with Gasteiger partial charge in [-0.2, -0.15) is 0 Å². The smallest absolute Gasteiger partial charge is 0.408 e. The van der Waals surface area contributed by atoms with Crippen molar-refractivity contribution in [1.29, 1.82) is 0 Å². The molecule has 0 aliphatic heterocycles. The number of nitrogens with one attached hydrogen (secondary N) is 1. The van der Waals surface area contributed by atoms with Gasteiger partial charge >= 0.3 is 12.1 Å². The van der Waals surface area contributed by atoms with Crippen LogP contribution in [-0.4, -0.2) is 35.4 Å². The highest BCUT2D eigenvalue weighted by atomic mass is 79.9. The number of carbonyl (C=O) groups excluding carboxylic acids is 2. The van der Waals surface area contributed by atoms with Gasteiger partial charge in [0.2, 0.25) is 0 Å². The van der Waals surface area contributed by atoms with Crippen molar-refractivity contribution in [3.8, 4) is 0 Å². The zero-order chi connectivity index (χ0) is 17.6. The van der Waals surface area contributed by atoms with Gasteiger partial charge in [-0.25, -0.2) is 9.59 Å². The van der Waals surface area contributed by atoms with E-state index in [1.165, 1.54) is 0 Å². The van der Waals surface area contributed by atoms with Gasteiger partial charge in [-0.3, -0.25) is 0 Å². The van der Waals surface area contributed by atoms with Crippen LogP contribution in [0, 0.1) is 0 Å². The van der Waals surface area contributed by atoms with Crippen molar-refractivity contribution >= 4 is 28.0 Å². The number of rotatable bonds is 5. The summed E-state index contributed by atoms with van der Waals surface area (Å²) in [5.74, 6) is -0.735. The third kappa shape index (κ3) is 6.19. The highest BCUT2D eigenvalue weighted by molar-refractivity contribution is 9.10. The summed E-state index contributed by atoms with van der Waals surface area (Å²) in [4.78, 5) is 24.0. The number of halogens is 1. The lowest BCUT2D eigenvalue weighted by Gasteiger charge is -2.26. The van der Waals surface area contributed by atoms with E-state index in [4.69, 9.17) is 9.47 Å². The fourth-order valence-electron chi connectivity index (χ4n) is 1.83. The molecular formula is C16H22BrNO5. The van der Waals surface area contributed by atoms with Crippen molar-refractivity contribution in [1.82, 2.24) is 5.32 Å². The molecule has 6 nitrogen and oxygen atoms in total. The fraction of sp³-hybridized carbons (Fsp3) is 0.500. The van der Waals surface area contributed by atoms with Crippen LogP contribution < -0.4 is 5.32 Å². The van der Waals surface area contributed by atoms with Gasteiger partial charge in [0.05, 0.1) is 6.61 Å². The van der Waals surface area contributed by atoms with E-state index in [0.717, 1.165) is 0 Å². The predicted octanol–water partition coefficient (Wildman–Crippen LogP) is 2.94. The Morgan fingerprint density at radius 1 is 1.30 bits per heavy atom. The molecular weight excluding hydrogens is 366 g/mol. The molecule has 0 fully saturated rings. The molecule has 2 N–H and O–H groups in total. The van der Waals surface area contributed by atoms with Crippen molar-refractivity contribution < 1.29 is 24.2 Å². The molecule has 1 rings (SSSR count). The lowest BCUT2D eigenvalue weighted by atomic mass is 10.0. The number of esters is 1. The molecule has 128 valence electrons. The summed E-state index contributed by atoms with van der Waals surface area (Å²) in [7, 11) is 0. The Morgan fingerprint density at radius 2 is 1.91 bits per heavy atom. The van der Waals surface area contributed by atoms with Gasteiger partial charge in [0.15, 0.2) is 6.04 Å². The number of hydrogen-bond acceptors (Lipinski definition) is 5. The first-order chi connectivity index (χ1) is 10.7. The Morgan fingerprint density at radius 3 is 2.43 bits per heavy atom. The summed E-state index contributed by atoms with van der Waals surface area (Å²) in [5, 5.41) is 12.9. The Kier molecular flexibility index (Phi) is 7.02. The van der Waals surface area contributed by atoms with Gasteiger partial charge in [0.25, 0.3) is 0 Å². The fourth-order valence-corrected chi connectivity index (χ4v) is 2.35. The van der Waals surface area contributed by atoms with Crippen LogP contribution in [0.1, 0.15) is 39.4 Å². The van der Waals surface area contributed by atoms with Gasteiger partial charge < -0.3 is 19.9 Å². The SMILES string of the molecule is CCOC(=O)[C@@H](NC(=O)OC(C)(C)C)[C@@H](O)c1ccccc1Br. The second-order valence-corrected chi connectivity index (χ2v) is 6.70. The number of aliphatic hydroxyl groups excluding tert-OH is 1. The monoisotopic (exact) mass is 387 g/mol. The molecule has 0 saturated heterocycles. The van der Waals surface area contributed by atoms with Crippen molar-refractivity contribution in [2.75, 3.05) is 6.61 Å². The lowest BCUT2D eigenvalue weighted by molar-refractivity contribution is -0.148. The van der Waals surface area contributed by atoms with Crippen LogP contribution in [0.2, 0.25) is 0 Å². The van der Waals surface area contributed by atoms with Gasteiger partial charge in [0.1, 0.15) is 11.7 Å². The van der Waals surface area contributed by atoms with Crippen LogP contribution in [0.15, 0.2) is 28.7 Å². The molecule has 0 aliphatic carbocycles. The van der Waals surface area contributed by atoms with E-state index in [9.17, 15) is 14.7 Å². The Hall–Kier alpha value is -1.60. The first kappa shape index (κ1) is 19.4. The largest absolute Gasteiger partial charge is 0.464 e. The Labute approximate surface area is 144 Å². The molecule has 0 aromatic heterocycles. The van der Waals surface area contributed by atoms with E-state index in [1.54, 1.807) is 52.0 Å². The third-order valence-electron chi connectivity index (χ3n) is 2.75. The van der Waals surface area contributed by atoms with E-state index in [1.807, 2.05) is 0 Å². The molecule has 0 bridgehead atoms. The molecule has 0 spiro atoms. The number of hydrogen-bond donors (Lipinski definition) is 2. The summed E-state index contributed by atoms with van der Waals surface area (Å²) in [6.45, 7) is 6.89. The third-order valence-corrected chi connectivity index (χ3v) is 3.47. The minimum Gasteiger partial charge on any atom is -0.464 e. The Bertz CT molecular complexity index is 556. The standard InChI is InChI=1S/C16H22BrNO5/c1-5-22-14(20)12(18-15(21)23-16(2,3)4)13(19)10-8-6-7-9-11(10)17/h6-9,12-13,19H,5H2,1-4H3,(H,18,21)/t12-,13-/m0/s1. The van der Waals surface area contributed by atoms with Gasteiger partial charge in [-0.15, -0.1) is 0 Å². The van der Waals surface area contributed by atoms with E-state index < -0.39 is 29.8 Å². The maximum atomic E-state index is 12.1. The molecule has 0 unspecified atom stereocenters. The quantitative estimate of drug-likeness (QED) is 0.758. The number of carbonyl (C=O) groups is 2. The van der Waals surface area contributed by atoms with Gasteiger partial charge in [-0.1, -0.05) is 34.1 Å². The maximum Gasteiger partial charge on any atom is 0.408 e. The molecule has 0 radical (unpaired) electrons. The van der Waals surface area contributed by atoms with Crippen molar-refractivity contribution in [3.63, 3.8) is 0 Å². The summed E-state index contributed by atoms with van der Waals surface area (Å²) < 4.78 is 10.7. The lowest BCUT2D eigenvalue weighted by Crippen LogP contribution is -2.47. The number of alkyl carbamates (subject to hydrolysis) is 1. The molecule has 7 heteroatoms. The van der Waals surface area contributed by atoms with E-state index >= 15 is 0 Å². The normalized spacial score (nSPS) is 13.8. The zero-order valence-corrected chi connectivity index (χ0v) is 15.2. The van der Waals surface area contributed by atoms with Crippen molar-refractivity contribution in [3.05, 3.63) is 34.3 Å². The first-order valence-electron chi connectivity index (χ1n) is 7.24. The molecule has 23 heavy (non-hydrogen) atoms. The number of amides is 1. The highest BCUT2D eigenvalue weighted by Crippen LogP contribution is 2.26. The van der Waals surface area contributed by atoms with E-state index in [-0.39, 0.29) is 6.61 Å². The summed E-state index contributed by atoms with van der Waals surface area (Å²) in [6, 6.07) is 5.61. The summed E-state index contributed by atoms with van der Waals surface area (Å²) in [5.41, 5.74) is -0.261. The van der Waals surface area contributed by atoms with Crippen LogP contribution in [0.25, 0.3) is 0 Å². The molecule has 0 aliphatic rings. The van der Waals surface area contributed by atoms with Crippen LogP contribution in [0.3, 0.4) is 0 Å². The minimum absolute atomic E-state index is 0.133. The summed E-state index contributed by atoms with van der Waals surface area (Å²) >= 11 is 3.31.